The molecule has 1 aromatic heterocycles. The van der Waals surface area contributed by atoms with E-state index >= 15 is 0 Å². The predicted octanol–water partition coefficient (Wildman–Crippen LogP) is 3.79. The molecule has 1 amide bonds. The molecule has 0 aliphatic carbocycles. The molecule has 0 N–H and O–H groups in total. The summed E-state index contributed by atoms with van der Waals surface area (Å²) in [5.41, 5.74) is 3.10. The Morgan fingerprint density at radius 2 is 1.79 bits per heavy atom. The lowest BCUT2D eigenvalue weighted by atomic mass is 10.1. The summed E-state index contributed by atoms with van der Waals surface area (Å²) in [6, 6.07) is 13.1. The van der Waals surface area contributed by atoms with Gasteiger partial charge in [-0.1, -0.05) is 11.2 Å². The van der Waals surface area contributed by atoms with Crippen molar-refractivity contribution in [2.24, 2.45) is 0 Å². The van der Waals surface area contributed by atoms with Crippen molar-refractivity contribution in [3.05, 3.63) is 59.5 Å². The van der Waals surface area contributed by atoms with Crippen LogP contribution in [0.1, 0.15) is 23.9 Å². The molecule has 0 aliphatic heterocycles. The first kappa shape index (κ1) is 20.4. The van der Waals surface area contributed by atoms with Gasteiger partial charge in [-0.05, 0) is 68.3 Å². The first-order chi connectivity index (χ1) is 13.9. The Balaban J connectivity index is 1.61. The third-order valence-electron chi connectivity index (χ3n) is 4.70. The van der Waals surface area contributed by atoms with E-state index in [-0.39, 0.29) is 12.5 Å². The lowest BCUT2D eigenvalue weighted by Crippen LogP contribution is -2.37. The van der Waals surface area contributed by atoms with Crippen LogP contribution < -0.4 is 9.47 Å². The van der Waals surface area contributed by atoms with Gasteiger partial charge in [-0.3, -0.25) is 4.79 Å². The maximum atomic E-state index is 12.6. The molecule has 0 saturated heterocycles. The summed E-state index contributed by atoms with van der Waals surface area (Å²) >= 11 is 0. The van der Waals surface area contributed by atoms with E-state index < -0.39 is 6.10 Å². The predicted molar refractivity (Wildman–Crippen MR) is 109 cm³/mol. The van der Waals surface area contributed by atoms with Gasteiger partial charge in [0.15, 0.2) is 6.10 Å². The van der Waals surface area contributed by atoms with E-state index in [4.69, 9.17) is 14.0 Å². The highest BCUT2D eigenvalue weighted by Crippen LogP contribution is 2.21. The zero-order chi connectivity index (χ0) is 21.0. The number of nitrogens with zero attached hydrogens (tertiary/aromatic N) is 3. The topological polar surface area (TPSA) is 77.7 Å². The molecule has 0 unspecified atom stereocenters. The molecule has 29 heavy (non-hydrogen) atoms. The minimum Gasteiger partial charge on any atom is -0.497 e. The molecule has 3 aromatic rings. The third kappa shape index (κ3) is 4.93. The lowest BCUT2D eigenvalue weighted by molar-refractivity contribution is -0.137. The third-order valence-corrected chi connectivity index (χ3v) is 4.70. The van der Waals surface area contributed by atoms with Gasteiger partial charge in [-0.15, -0.1) is 0 Å². The molecular formula is C22H25N3O4. The van der Waals surface area contributed by atoms with E-state index in [0.717, 1.165) is 16.9 Å². The largest absolute Gasteiger partial charge is 0.497 e. The van der Waals surface area contributed by atoms with Crippen LogP contribution in [0.25, 0.3) is 11.4 Å². The number of benzene rings is 2. The summed E-state index contributed by atoms with van der Waals surface area (Å²) in [5.74, 6) is 2.06. The van der Waals surface area contributed by atoms with E-state index in [1.54, 1.807) is 21.1 Å². The smallest absolute Gasteiger partial charge is 0.263 e. The molecule has 3 rings (SSSR count). The van der Waals surface area contributed by atoms with Gasteiger partial charge in [0.05, 0.1) is 13.7 Å². The number of hydrogen-bond donors (Lipinski definition) is 0. The fraction of sp³-hybridized carbons (Fsp3) is 0.318. The molecule has 1 heterocycles. The summed E-state index contributed by atoms with van der Waals surface area (Å²) in [6.45, 7) is 5.97. The minimum atomic E-state index is -0.633. The molecule has 0 radical (unpaired) electrons. The normalized spacial score (nSPS) is 11.8. The first-order valence-corrected chi connectivity index (χ1v) is 9.33. The summed E-state index contributed by atoms with van der Waals surface area (Å²) in [7, 11) is 3.29. The van der Waals surface area contributed by atoms with Crippen molar-refractivity contribution in [1.29, 1.82) is 0 Å². The van der Waals surface area contributed by atoms with E-state index in [1.165, 1.54) is 10.5 Å². The van der Waals surface area contributed by atoms with E-state index in [2.05, 4.69) is 10.1 Å². The Kier molecular flexibility index (Phi) is 6.16. The van der Waals surface area contributed by atoms with Crippen LogP contribution in [0.2, 0.25) is 0 Å². The number of likely N-dealkylation sites (N-methyl/N-ethyl adjacent to an activating group) is 1. The van der Waals surface area contributed by atoms with Crippen LogP contribution in [0, 0.1) is 13.8 Å². The molecule has 0 bridgehead atoms. The van der Waals surface area contributed by atoms with E-state index in [1.807, 2.05) is 56.3 Å². The van der Waals surface area contributed by atoms with Gasteiger partial charge >= 0.3 is 0 Å². The van der Waals surface area contributed by atoms with Gasteiger partial charge in [0.2, 0.25) is 11.7 Å². The van der Waals surface area contributed by atoms with Crippen molar-refractivity contribution in [1.82, 2.24) is 15.0 Å². The van der Waals surface area contributed by atoms with Crippen LogP contribution in [0.4, 0.5) is 0 Å². The Labute approximate surface area is 170 Å². The molecule has 2 aromatic carbocycles. The van der Waals surface area contributed by atoms with Crippen LogP contribution >= 0.6 is 0 Å². The molecule has 0 aliphatic rings. The molecule has 0 saturated carbocycles. The lowest BCUT2D eigenvalue weighted by Gasteiger charge is -2.21. The Morgan fingerprint density at radius 1 is 1.10 bits per heavy atom. The maximum Gasteiger partial charge on any atom is 0.263 e. The van der Waals surface area contributed by atoms with Crippen molar-refractivity contribution in [3.63, 3.8) is 0 Å². The second-order valence-corrected chi connectivity index (χ2v) is 6.94. The Hall–Kier alpha value is -3.35. The maximum absolute atomic E-state index is 12.6. The van der Waals surface area contributed by atoms with Gasteiger partial charge in [0, 0.05) is 12.6 Å². The summed E-state index contributed by atoms with van der Waals surface area (Å²) in [5, 5.41) is 3.99. The van der Waals surface area contributed by atoms with Crippen molar-refractivity contribution in [2.75, 3.05) is 14.2 Å². The van der Waals surface area contributed by atoms with Crippen molar-refractivity contribution < 1.29 is 18.8 Å². The van der Waals surface area contributed by atoms with Crippen LogP contribution in [0.15, 0.2) is 47.0 Å². The average Bonchev–Trinajstić information content (AvgIpc) is 3.18. The fourth-order valence-corrected chi connectivity index (χ4v) is 2.81. The van der Waals surface area contributed by atoms with Crippen molar-refractivity contribution >= 4 is 5.91 Å². The second-order valence-electron chi connectivity index (χ2n) is 6.94. The van der Waals surface area contributed by atoms with Crippen LogP contribution in [0.3, 0.4) is 0 Å². The Morgan fingerprint density at radius 3 is 2.45 bits per heavy atom. The fourth-order valence-electron chi connectivity index (χ4n) is 2.81. The summed E-state index contributed by atoms with van der Waals surface area (Å²) in [4.78, 5) is 18.5. The number of methoxy groups -OCH3 is 1. The SMILES string of the molecule is COc1ccc(-c2noc(CN(C)C(=O)[C@@H](C)Oc3ccc(C)c(C)c3)n2)cc1. The summed E-state index contributed by atoms with van der Waals surface area (Å²) in [6.07, 6.45) is -0.633. The average molecular weight is 395 g/mol. The van der Waals surface area contributed by atoms with Crippen LogP contribution in [0.5, 0.6) is 11.5 Å². The Bertz CT molecular complexity index is 982. The van der Waals surface area contributed by atoms with Gasteiger partial charge in [0.25, 0.3) is 5.91 Å². The zero-order valence-corrected chi connectivity index (χ0v) is 17.3. The number of amides is 1. The van der Waals surface area contributed by atoms with Crippen LogP contribution in [-0.4, -0.2) is 41.2 Å². The van der Waals surface area contributed by atoms with Gasteiger partial charge < -0.3 is 18.9 Å². The number of carbonyl (C=O) groups is 1. The molecule has 0 fully saturated rings. The second kappa shape index (κ2) is 8.77. The van der Waals surface area contributed by atoms with Crippen molar-refractivity contribution in [2.45, 2.75) is 33.4 Å². The number of hydrogen-bond acceptors (Lipinski definition) is 6. The quantitative estimate of drug-likeness (QED) is 0.606. The molecule has 7 nitrogen and oxygen atoms in total. The molecule has 0 spiro atoms. The van der Waals surface area contributed by atoms with Gasteiger partial charge in [-0.2, -0.15) is 4.98 Å². The zero-order valence-electron chi connectivity index (χ0n) is 17.3. The van der Waals surface area contributed by atoms with Crippen LogP contribution in [-0.2, 0) is 11.3 Å². The van der Waals surface area contributed by atoms with E-state index in [9.17, 15) is 4.79 Å². The van der Waals surface area contributed by atoms with Crippen molar-refractivity contribution in [3.8, 4) is 22.9 Å². The number of ether oxygens (including phenoxy) is 2. The van der Waals surface area contributed by atoms with E-state index in [0.29, 0.717) is 17.5 Å². The highest BCUT2D eigenvalue weighted by molar-refractivity contribution is 5.80. The molecule has 152 valence electrons. The standard InChI is InChI=1S/C22H25N3O4/c1-14-6-9-19(12-15(14)2)28-16(3)22(26)25(4)13-20-23-21(24-29-20)17-7-10-18(27-5)11-8-17/h6-12,16H,13H2,1-5H3/t16-/m1/s1. The van der Waals surface area contributed by atoms with Gasteiger partial charge in [-0.25, -0.2) is 0 Å². The molecule has 1 atom stereocenters. The monoisotopic (exact) mass is 395 g/mol. The summed E-state index contributed by atoms with van der Waals surface area (Å²) < 4.78 is 16.2. The number of aryl methyl sites for hydroxylation is 2. The minimum absolute atomic E-state index is 0.174. The molecule has 7 heteroatoms. The number of aromatic nitrogens is 2. The molecular weight excluding hydrogens is 370 g/mol. The highest BCUT2D eigenvalue weighted by atomic mass is 16.5. The first-order valence-electron chi connectivity index (χ1n) is 9.33. The van der Waals surface area contributed by atoms with Gasteiger partial charge in [0.1, 0.15) is 11.5 Å². The number of carbonyl (C=O) groups excluding carboxylic acids is 1. The number of rotatable bonds is 7. The highest BCUT2D eigenvalue weighted by Gasteiger charge is 2.21.